The number of anilines is 1. The lowest BCUT2D eigenvalue weighted by Crippen LogP contribution is -2.60. The van der Waals surface area contributed by atoms with Crippen molar-refractivity contribution in [2.75, 3.05) is 25.2 Å². The highest BCUT2D eigenvalue weighted by Gasteiger charge is 2.65. The molecule has 1 amide bonds. The van der Waals surface area contributed by atoms with Crippen molar-refractivity contribution in [3.63, 3.8) is 0 Å². The van der Waals surface area contributed by atoms with Gasteiger partial charge >= 0.3 is 19.5 Å². The molecular formula is C39H55N5O9PSi+. The predicted molar refractivity (Wildman–Crippen MR) is 214 cm³/mol. The first-order chi connectivity index (χ1) is 25.9. The molecule has 1 aromatic heterocycles. The number of rotatable bonds is 16. The second-order valence-electron chi connectivity index (χ2n) is 15.3. The highest BCUT2D eigenvalue weighted by atomic mass is 31.2. The van der Waals surface area contributed by atoms with E-state index in [0.717, 1.165) is 0 Å². The van der Waals surface area contributed by atoms with Crippen LogP contribution >= 0.6 is 7.87 Å². The Balaban J connectivity index is 1.86. The molecule has 1 aliphatic rings. The van der Waals surface area contributed by atoms with Gasteiger partial charge in [0.1, 0.15) is 36.5 Å². The van der Waals surface area contributed by atoms with Gasteiger partial charge in [-0.25, -0.2) is 14.5 Å². The number of hydrogen-bond acceptors (Lipinski definition) is 12. The van der Waals surface area contributed by atoms with Crippen LogP contribution in [0, 0.1) is 11.3 Å². The van der Waals surface area contributed by atoms with E-state index in [4.69, 9.17) is 23.5 Å². The van der Waals surface area contributed by atoms with Crippen LogP contribution in [0.4, 0.5) is 5.82 Å². The molecule has 0 aliphatic carbocycles. The number of methoxy groups -OCH3 is 1. The van der Waals surface area contributed by atoms with E-state index in [2.05, 4.69) is 16.4 Å². The van der Waals surface area contributed by atoms with E-state index in [1.807, 2.05) is 66.2 Å². The van der Waals surface area contributed by atoms with Crippen LogP contribution in [0.1, 0.15) is 75.6 Å². The molecule has 2 aromatic carbocycles. The molecule has 2 heterocycles. The largest absolute Gasteiger partial charge is 0.497 e. The minimum absolute atomic E-state index is 0.0132. The summed E-state index contributed by atoms with van der Waals surface area (Å²) in [5.41, 5.74) is -0.864. The van der Waals surface area contributed by atoms with Crippen molar-refractivity contribution in [3.05, 3.63) is 88.5 Å². The van der Waals surface area contributed by atoms with Crippen molar-refractivity contribution < 1.29 is 38.0 Å². The summed E-state index contributed by atoms with van der Waals surface area (Å²) < 4.78 is 35.1. The zero-order valence-electron chi connectivity index (χ0n) is 33.4. The lowest BCUT2D eigenvalue weighted by Gasteiger charge is -2.42. The fraction of sp³-hybridized carbons (Fsp3) is 0.513. The first-order valence-electron chi connectivity index (χ1n) is 18.4. The van der Waals surface area contributed by atoms with Gasteiger partial charge in [0.25, 0.3) is 5.91 Å². The number of hydrogen-bond donors (Lipinski definition) is 2. The van der Waals surface area contributed by atoms with Gasteiger partial charge in [0.05, 0.1) is 39.6 Å². The van der Waals surface area contributed by atoms with E-state index >= 15 is 0 Å². The monoisotopic (exact) mass is 796 g/mol. The molecule has 14 nitrogen and oxygen atoms in total. The summed E-state index contributed by atoms with van der Waals surface area (Å²) in [6, 6.07) is 18.3. The number of aromatic nitrogens is 2. The van der Waals surface area contributed by atoms with E-state index in [1.54, 1.807) is 54.6 Å². The number of nitriles is 1. The molecule has 0 spiro atoms. The zero-order chi connectivity index (χ0) is 40.7. The van der Waals surface area contributed by atoms with Gasteiger partial charge < -0.3 is 24.3 Å². The summed E-state index contributed by atoms with van der Waals surface area (Å²) in [5, 5.41) is 10.9. The van der Waals surface area contributed by atoms with Crippen molar-refractivity contribution >= 4 is 34.4 Å². The van der Waals surface area contributed by atoms with Crippen LogP contribution in [0.15, 0.2) is 71.7 Å². The molecule has 1 saturated heterocycles. The second-order valence-corrected chi connectivity index (χ2v) is 20.8. The minimum atomic E-state index is -3.59. The summed E-state index contributed by atoms with van der Waals surface area (Å²) in [6.07, 6.45) is -1.64. The third-order valence-electron chi connectivity index (χ3n) is 9.11. The third kappa shape index (κ3) is 10.3. The molecule has 1 fully saturated rings. The number of amides is 1. The zero-order valence-corrected chi connectivity index (χ0v) is 35.4. The Morgan fingerprint density at radius 2 is 1.71 bits per heavy atom. The molecule has 16 heteroatoms. The van der Waals surface area contributed by atoms with Crippen molar-refractivity contribution in [2.24, 2.45) is 0 Å². The topological polar surface area (TPSA) is 174 Å². The number of nitrogens with one attached hydrogen (secondary N) is 1. The van der Waals surface area contributed by atoms with E-state index in [1.165, 1.54) is 23.9 Å². The lowest BCUT2D eigenvalue weighted by atomic mass is 10.1. The molecular weight excluding hydrogens is 742 g/mol. The molecule has 5 atom stereocenters. The molecule has 2 N–H and O–H groups in total. The molecule has 0 radical (unpaired) electrons. The first kappa shape index (κ1) is 43.7. The van der Waals surface area contributed by atoms with E-state index < -0.39 is 63.5 Å². The van der Waals surface area contributed by atoms with Crippen molar-refractivity contribution in [3.8, 4) is 11.8 Å². The van der Waals surface area contributed by atoms with Crippen LogP contribution in [0.3, 0.4) is 0 Å². The number of carbonyl (C=O) groups excluding carboxylic acids is 2. The maximum absolute atomic E-state index is 14.2. The maximum atomic E-state index is 14.2. The fourth-order valence-corrected chi connectivity index (χ4v) is 12.0. The lowest BCUT2D eigenvalue weighted by molar-refractivity contribution is -0.153. The van der Waals surface area contributed by atoms with E-state index in [9.17, 15) is 24.5 Å². The van der Waals surface area contributed by atoms with Crippen LogP contribution in [-0.2, 0) is 24.1 Å². The first-order valence-corrected chi connectivity index (χ1v) is 23.1. The van der Waals surface area contributed by atoms with Crippen molar-refractivity contribution in [1.29, 1.82) is 5.26 Å². The van der Waals surface area contributed by atoms with Gasteiger partial charge in [0, 0.05) is 23.8 Å². The summed E-state index contributed by atoms with van der Waals surface area (Å²) in [5.74, 6) is -0.448. The Morgan fingerprint density at radius 1 is 1.07 bits per heavy atom. The average Bonchev–Trinajstić information content (AvgIpc) is 3.41. The summed E-state index contributed by atoms with van der Waals surface area (Å²) in [7, 11) is -4.35. The number of carbonyl (C=O) groups is 2. The van der Waals surface area contributed by atoms with Gasteiger partial charge in [-0.1, -0.05) is 31.3 Å². The minimum Gasteiger partial charge on any atom is -0.497 e. The smallest absolute Gasteiger partial charge is 0.351 e. The summed E-state index contributed by atoms with van der Waals surface area (Å²) in [4.78, 5) is 57.4. The third-order valence-corrected chi connectivity index (χ3v) is 14.5. The fourth-order valence-electron chi connectivity index (χ4n) is 6.94. The Morgan fingerprint density at radius 3 is 2.24 bits per heavy atom. The maximum Gasteiger partial charge on any atom is 0.351 e. The Kier molecular flexibility index (Phi) is 14.5. The van der Waals surface area contributed by atoms with Gasteiger partial charge in [0.2, 0.25) is 0 Å². The number of esters is 1. The second kappa shape index (κ2) is 18.3. The molecule has 55 heavy (non-hydrogen) atoms. The van der Waals surface area contributed by atoms with Gasteiger partial charge in [-0.15, -0.1) is 4.67 Å². The SMILES string of the molecule is COc1ccc(C(=O)OC[C@H]2O[C@](n3ccc(NC(=O)c4ccccc4)nc3=O)([SiH](C)C)[C@H](OC(C)(C)C)[C@@H]2O[P+](O)(CCC#N)N(C(C)C)C(C)C)cc1. The van der Waals surface area contributed by atoms with Gasteiger partial charge in [-0.05, 0) is 90.9 Å². The van der Waals surface area contributed by atoms with Crippen molar-refractivity contribution in [2.45, 2.75) is 109 Å². The number of ether oxygens (including phenoxy) is 4. The van der Waals surface area contributed by atoms with Gasteiger partial charge in [-0.3, -0.25) is 9.36 Å². The van der Waals surface area contributed by atoms with Crippen LogP contribution in [0.2, 0.25) is 13.1 Å². The Labute approximate surface area is 325 Å². The molecule has 3 aromatic rings. The molecule has 0 saturated carbocycles. The van der Waals surface area contributed by atoms with Crippen molar-refractivity contribution in [1.82, 2.24) is 14.2 Å². The van der Waals surface area contributed by atoms with Gasteiger partial charge in [0.15, 0.2) is 11.5 Å². The molecule has 1 aliphatic heterocycles. The normalized spacial score (nSPS) is 21.1. The van der Waals surface area contributed by atoms with E-state index in [-0.39, 0.29) is 42.7 Å². The van der Waals surface area contributed by atoms with Crippen LogP contribution < -0.4 is 15.7 Å². The highest BCUT2D eigenvalue weighted by molar-refractivity contribution is 7.63. The number of nitrogens with zero attached hydrogens (tertiary/aromatic N) is 4. The predicted octanol–water partition coefficient (Wildman–Crippen LogP) is 5.79. The Bertz CT molecular complexity index is 1860. The quantitative estimate of drug-likeness (QED) is 0.102. The van der Waals surface area contributed by atoms with Crippen LogP contribution in [0.5, 0.6) is 5.75 Å². The molecule has 1 unspecified atom stereocenters. The van der Waals surface area contributed by atoms with Crippen LogP contribution in [-0.4, -0.2) is 95.7 Å². The molecule has 298 valence electrons. The Hall–Kier alpha value is -4.00. The summed E-state index contributed by atoms with van der Waals surface area (Å²) in [6.45, 7) is 17.0. The number of benzene rings is 2. The molecule has 0 bridgehead atoms. The average molecular weight is 797 g/mol. The highest BCUT2D eigenvalue weighted by Crippen LogP contribution is 2.64. The van der Waals surface area contributed by atoms with Crippen LogP contribution in [0.25, 0.3) is 0 Å². The standard InChI is InChI=1S/C39H54N5O9PSi/c1-26(2)44(27(3)4)54(48,24-14-22-40)53-33-31(25-50-36(46)29-17-19-30(49-8)20-18-29)51-39(55(9)10,34(33)52-38(5,6)7)43-23-21-32(42-37(43)47)41-35(45)28-15-12-11-13-16-28/h11-13,15-21,23,26-27,31,33-34,48,55H,14,24-25H2,1-10H3/p+1/t31-,33-,34-,39+,54?/m1/s1. The van der Waals surface area contributed by atoms with Gasteiger partial charge in [-0.2, -0.15) is 14.8 Å². The molecule has 4 rings (SSSR count). The van der Waals surface area contributed by atoms with E-state index in [0.29, 0.717) is 11.3 Å². The summed E-state index contributed by atoms with van der Waals surface area (Å²) >= 11 is 0.